The third-order valence-corrected chi connectivity index (χ3v) is 5.10. The van der Waals surface area contributed by atoms with Gasteiger partial charge in [-0.15, -0.1) is 0 Å². The number of thiophene rings is 1. The van der Waals surface area contributed by atoms with Crippen molar-refractivity contribution in [3.8, 4) is 11.4 Å². The lowest BCUT2D eigenvalue weighted by Crippen LogP contribution is -2.14. The van der Waals surface area contributed by atoms with Crippen molar-refractivity contribution in [2.75, 3.05) is 5.32 Å². The van der Waals surface area contributed by atoms with E-state index in [1.165, 1.54) is 17.1 Å². The predicted molar refractivity (Wildman–Crippen MR) is 89.1 cm³/mol. The molecule has 2 heterocycles. The standard InChI is InChI=1S/C16H13N3OS2/c20-15(13-8-12(13)10-4-2-1-3-5-10)18-16-17-14(19-22-16)11-6-7-21-9-11/h1-7,9,12-13H,8H2,(H,17,18,19,20). The topological polar surface area (TPSA) is 54.9 Å². The van der Waals surface area contributed by atoms with Gasteiger partial charge in [0.15, 0.2) is 5.82 Å². The number of carbonyl (C=O) groups is 1. The Labute approximate surface area is 136 Å². The number of carbonyl (C=O) groups excluding carboxylic acids is 1. The molecule has 0 radical (unpaired) electrons. The molecule has 0 aliphatic heterocycles. The molecule has 1 fully saturated rings. The maximum atomic E-state index is 12.3. The first-order valence-electron chi connectivity index (χ1n) is 7.03. The van der Waals surface area contributed by atoms with E-state index in [0.29, 0.717) is 16.9 Å². The van der Waals surface area contributed by atoms with Crippen LogP contribution in [0.1, 0.15) is 17.9 Å². The smallest absolute Gasteiger partial charge is 0.229 e. The van der Waals surface area contributed by atoms with Gasteiger partial charge in [-0.3, -0.25) is 4.79 Å². The lowest BCUT2D eigenvalue weighted by molar-refractivity contribution is -0.117. The van der Waals surface area contributed by atoms with Crippen LogP contribution in [-0.4, -0.2) is 15.3 Å². The van der Waals surface area contributed by atoms with Crippen LogP contribution in [-0.2, 0) is 4.79 Å². The molecule has 2 unspecified atom stereocenters. The Kier molecular flexibility index (Phi) is 3.48. The molecule has 1 aliphatic rings. The third kappa shape index (κ3) is 2.67. The number of nitrogens with zero attached hydrogens (tertiary/aromatic N) is 2. The van der Waals surface area contributed by atoms with Crippen LogP contribution in [0, 0.1) is 5.92 Å². The van der Waals surface area contributed by atoms with Gasteiger partial charge in [-0.25, -0.2) is 0 Å². The first kappa shape index (κ1) is 13.6. The van der Waals surface area contributed by atoms with E-state index >= 15 is 0 Å². The molecule has 1 aliphatic carbocycles. The molecule has 1 aromatic carbocycles. The van der Waals surface area contributed by atoms with Gasteiger partial charge in [-0.1, -0.05) is 30.3 Å². The lowest BCUT2D eigenvalue weighted by atomic mass is 10.1. The van der Waals surface area contributed by atoms with Crippen molar-refractivity contribution in [3.05, 3.63) is 52.7 Å². The summed E-state index contributed by atoms with van der Waals surface area (Å²) in [6.07, 6.45) is 0.909. The molecule has 3 aromatic rings. The Hall–Kier alpha value is -2.05. The van der Waals surface area contributed by atoms with Gasteiger partial charge in [-0.2, -0.15) is 20.7 Å². The first-order valence-corrected chi connectivity index (χ1v) is 8.75. The van der Waals surface area contributed by atoms with Crippen molar-refractivity contribution in [2.24, 2.45) is 5.92 Å². The fourth-order valence-corrected chi connectivity index (χ4v) is 3.76. The van der Waals surface area contributed by atoms with Crippen LogP contribution in [0.4, 0.5) is 5.13 Å². The maximum absolute atomic E-state index is 12.3. The SMILES string of the molecule is O=C(Nc1nc(-c2ccsc2)ns1)C1CC1c1ccccc1. The highest BCUT2D eigenvalue weighted by molar-refractivity contribution is 7.10. The highest BCUT2D eigenvalue weighted by atomic mass is 32.1. The predicted octanol–water partition coefficient (Wildman–Crippen LogP) is 4.01. The number of hydrogen-bond acceptors (Lipinski definition) is 5. The molecule has 2 atom stereocenters. The number of hydrogen-bond donors (Lipinski definition) is 1. The van der Waals surface area contributed by atoms with Gasteiger partial charge < -0.3 is 5.32 Å². The fourth-order valence-electron chi connectivity index (χ4n) is 2.53. The highest BCUT2D eigenvalue weighted by Gasteiger charge is 2.44. The zero-order chi connectivity index (χ0) is 14.9. The molecule has 6 heteroatoms. The van der Waals surface area contributed by atoms with E-state index in [1.54, 1.807) is 11.3 Å². The highest BCUT2D eigenvalue weighted by Crippen LogP contribution is 2.47. The number of nitrogens with one attached hydrogen (secondary N) is 1. The van der Waals surface area contributed by atoms with Gasteiger partial charge in [-0.05, 0) is 29.3 Å². The van der Waals surface area contributed by atoms with Crippen molar-refractivity contribution in [2.45, 2.75) is 12.3 Å². The van der Waals surface area contributed by atoms with Crippen molar-refractivity contribution in [1.82, 2.24) is 9.36 Å². The van der Waals surface area contributed by atoms with Crippen LogP contribution in [0.3, 0.4) is 0 Å². The van der Waals surface area contributed by atoms with Gasteiger partial charge in [0.05, 0.1) is 0 Å². The molecule has 1 saturated carbocycles. The fraction of sp³-hybridized carbons (Fsp3) is 0.188. The van der Waals surface area contributed by atoms with Crippen molar-refractivity contribution >= 4 is 33.9 Å². The molecule has 110 valence electrons. The molecule has 1 N–H and O–H groups in total. The average molecular weight is 327 g/mol. The van der Waals surface area contributed by atoms with Crippen molar-refractivity contribution in [3.63, 3.8) is 0 Å². The molecular weight excluding hydrogens is 314 g/mol. The van der Waals surface area contributed by atoms with E-state index in [1.807, 2.05) is 35.0 Å². The Morgan fingerprint density at radius 1 is 1.23 bits per heavy atom. The third-order valence-electron chi connectivity index (χ3n) is 3.79. The molecule has 1 amide bonds. The van der Waals surface area contributed by atoms with Crippen LogP contribution in [0.5, 0.6) is 0 Å². The van der Waals surface area contributed by atoms with Crippen LogP contribution in [0.2, 0.25) is 0 Å². The van der Waals surface area contributed by atoms with Gasteiger partial charge in [0.2, 0.25) is 11.0 Å². The number of rotatable bonds is 4. The molecule has 0 spiro atoms. The Morgan fingerprint density at radius 3 is 2.86 bits per heavy atom. The average Bonchev–Trinajstić information content (AvgIpc) is 2.95. The zero-order valence-corrected chi connectivity index (χ0v) is 13.2. The van der Waals surface area contributed by atoms with Crippen LogP contribution in [0.15, 0.2) is 47.2 Å². The minimum atomic E-state index is 0.0434. The Morgan fingerprint density at radius 2 is 2.09 bits per heavy atom. The lowest BCUT2D eigenvalue weighted by Gasteiger charge is -2.01. The van der Waals surface area contributed by atoms with E-state index in [4.69, 9.17) is 0 Å². The summed E-state index contributed by atoms with van der Waals surface area (Å²) in [5, 5.41) is 7.46. The summed E-state index contributed by atoms with van der Waals surface area (Å²) in [5.41, 5.74) is 2.23. The van der Waals surface area contributed by atoms with Gasteiger partial charge >= 0.3 is 0 Å². The van der Waals surface area contributed by atoms with E-state index in [2.05, 4.69) is 26.8 Å². The van der Waals surface area contributed by atoms with Crippen LogP contribution in [0.25, 0.3) is 11.4 Å². The normalized spacial score (nSPS) is 19.8. The van der Waals surface area contributed by atoms with E-state index in [0.717, 1.165) is 12.0 Å². The summed E-state index contributed by atoms with van der Waals surface area (Å²) in [6.45, 7) is 0. The van der Waals surface area contributed by atoms with Gasteiger partial charge in [0, 0.05) is 28.4 Å². The zero-order valence-electron chi connectivity index (χ0n) is 11.6. The molecular formula is C16H13N3OS2. The van der Waals surface area contributed by atoms with E-state index in [9.17, 15) is 4.79 Å². The molecule has 0 saturated heterocycles. The Balaban J connectivity index is 1.41. The number of aromatic nitrogens is 2. The first-order chi connectivity index (χ1) is 10.8. The van der Waals surface area contributed by atoms with Crippen molar-refractivity contribution in [1.29, 1.82) is 0 Å². The van der Waals surface area contributed by atoms with E-state index in [-0.39, 0.29) is 11.8 Å². The number of benzene rings is 1. The molecule has 2 aromatic heterocycles. The van der Waals surface area contributed by atoms with E-state index < -0.39 is 0 Å². The van der Waals surface area contributed by atoms with Crippen LogP contribution >= 0.6 is 22.9 Å². The molecule has 4 rings (SSSR count). The molecule has 22 heavy (non-hydrogen) atoms. The summed E-state index contributed by atoms with van der Waals surface area (Å²) in [4.78, 5) is 16.7. The van der Waals surface area contributed by atoms with Gasteiger partial charge in [0.1, 0.15) is 0 Å². The number of amides is 1. The quantitative estimate of drug-likeness (QED) is 0.788. The van der Waals surface area contributed by atoms with Gasteiger partial charge in [0.25, 0.3) is 0 Å². The second-order valence-electron chi connectivity index (χ2n) is 5.28. The second-order valence-corrected chi connectivity index (χ2v) is 6.82. The maximum Gasteiger partial charge on any atom is 0.229 e. The Bertz CT molecular complexity index is 783. The van der Waals surface area contributed by atoms with Crippen LogP contribution < -0.4 is 5.32 Å². The van der Waals surface area contributed by atoms with Crippen molar-refractivity contribution < 1.29 is 4.79 Å². The summed E-state index contributed by atoms with van der Waals surface area (Å²) in [7, 11) is 0. The largest absolute Gasteiger partial charge is 0.300 e. The summed E-state index contributed by atoms with van der Waals surface area (Å²) in [6, 6.07) is 12.2. The summed E-state index contributed by atoms with van der Waals surface area (Å²) < 4.78 is 4.29. The monoisotopic (exact) mass is 327 g/mol. The number of anilines is 1. The molecule has 4 nitrogen and oxygen atoms in total. The summed E-state index contributed by atoms with van der Waals surface area (Å²) in [5.74, 6) is 1.11. The minimum Gasteiger partial charge on any atom is -0.300 e. The summed E-state index contributed by atoms with van der Waals surface area (Å²) >= 11 is 2.84. The molecule has 0 bridgehead atoms. The second kappa shape index (κ2) is 5.62. The minimum absolute atomic E-state index is 0.0434.